The lowest BCUT2D eigenvalue weighted by Gasteiger charge is -2.15. The Morgan fingerprint density at radius 1 is 1.15 bits per heavy atom. The van der Waals surface area contributed by atoms with E-state index in [9.17, 15) is 22.8 Å². The van der Waals surface area contributed by atoms with Crippen molar-refractivity contribution in [2.24, 2.45) is 0 Å². The van der Waals surface area contributed by atoms with E-state index in [1.54, 1.807) is 18.2 Å². The van der Waals surface area contributed by atoms with Crippen molar-refractivity contribution in [3.05, 3.63) is 35.9 Å². The normalized spacial score (nSPS) is 12.6. The minimum Gasteiger partial charge on any atom is -0.382 e. The highest BCUT2D eigenvalue weighted by Crippen LogP contribution is 2.18. The molecule has 0 aromatic heterocycles. The molecule has 5 nitrogen and oxygen atoms in total. The number of amides is 2. The van der Waals surface area contributed by atoms with Crippen molar-refractivity contribution in [2.75, 3.05) is 13.1 Å². The number of alkyl halides is 3. The van der Waals surface area contributed by atoms with Gasteiger partial charge in [0.2, 0.25) is 5.91 Å². The van der Waals surface area contributed by atoms with Gasteiger partial charge in [0.1, 0.15) is 0 Å². The van der Waals surface area contributed by atoms with Gasteiger partial charge in [-0.05, 0) is 12.1 Å². The molecule has 0 spiro atoms. The minimum absolute atomic E-state index is 0.329. The molecule has 0 bridgehead atoms. The molecule has 1 rings (SSSR count). The summed E-state index contributed by atoms with van der Waals surface area (Å²) in [5, 5.41) is 12.8. The van der Waals surface area contributed by atoms with Crippen LogP contribution in [-0.2, 0) is 4.79 Å². The molecule has 110 valence electrons. The zero-order valence-electron chi connectivity index (χ0n) is 10.3. The molecule has 0 aliphatic carbocycles. The lowest BCUT2D eigenvalue weighted by atomic mass is 10.2. The first kappa shape index (κ1) is 16.0. The molecule has 3 N–H and O–H groups in total. The van der Waals surface area contributed by atoms with Gasteiger partial charge >= 0.3 is 6.18 Å². The maximum Gasteiger partial charge on any atom is 0.416 e. The quantitative estimate of drug-likeness (QED) is 0.737. The number of carbonyl (C=O) groups is 2. The summed E-state index contributed by atoms with van der Waals surface area (Å²) in [6.07, 6.45) is -7.42. The average molecular weight is 290 g/mol. The fourth-order valence-electron chi connectivity index (χ4n) is 1.24. The molecule has 0 saturated carbocycles. The zero-order valence-corrected chi connectivity index (χ0v) is 10.3. The number of halogens is 3. The van der Waals surface area contributed by atoms with Crippen LogP contribution in [0.2, 0.25) is 0 Å². The molecule has 0 aliphatic rings. The molecule has 20 heavy (non-hydrogen) atoms. The number of benzene rings is 1. The van der Waals surface area contributed by atoms with E-state index in [4.69, 9.17) is 5.11 Å². The standard InChI is InChI=1S/C12H13F3N2O3/c13-12(14,15)9(18)6-16-10(19)7-17-11(20)8-4-2-1-3-5-8/h1-5,9,18H,6-7H2,(H,16,19)(H,17,20). The van der Waals surface area contributed by atoms with Crippen LogP contribution in [0.5, 0.6) is 0 Å². The predicted octanol–water partition coefficient (Wildman–Crippen LogP) is 0.456. The van der Waals surface area contributed by atoms with Crippen molar-refractivity contribution in [3.63, 3.8) is 0 Å². The molecule has 0 saturated heterocycles. The van der Waals surface area contributed by atoms with Gasteiger partial charge in [-0.25, -0.2) is 0 Å². The molecule has 0 radical (unpaired) electrons. The van der Waals surface area contributed by atoms with Crippen LogP contribution < -0.4 is 10.6 Å². The molecule has 1 aromatic carbocycles. The Hall–Kier alpha value is -2.09. The van der Waals surface area contributed by atoms with Crippen LogP contribution in [0.4, 0.5) is 13.2 Å². The predicted molar refractivity (Wildman–Crippen MR) is 63.8 cm³/mol. The third-order valence-corrected chi connectivity index (χ3v) is 2.32. The first-order chi connectivity index (χ1) is 9.30. The molecular formula is C12H13F3N2O3. The Labute approximate surface area is 112 Å². The smallest absolute Gasteiger partial charge is 0.382 e. The van der Waals surface area contributed by atoms with Gasteiger partial charge < -0.3 is 15.7 Å². The Balaban J connectivity index is 2.32. The van der Waals surface area contributed by atoms with Crippen molar-refractivity contribution in [2.45, 2.75) is 12.3 Å². The molecule has 2 amide bonds. The SMILES string of the molecule is O=C(CNC(=O)c1ccccc1)NCC(O)C(F)(F)F. The number of carbonyl (C=O) groups excluding carboxylic acids is 2. The highest BCUT2D eigenvalue weighted by molar-refractivity contribution is 5.96. The summed E-state index contributed by atoms with van der Waals surface area (Å²) in [6, 6.07) is 8.03. The van der Waals surface area contributed by atoms with Crippen LogP contribution in [0.25, 0.3) is 0 Å². The van der Waals surface area contributed by atoms with Gasteiger partial charge in [0.15, 0.2) is 6.10 Å². The number of hydrogen-bond donors (Lipinski definition) is 3. The number of rotatable bonds is 5. The van der Waals surface area contributed by atoms with Crippen LogP contribution in [0.15, 0.2) is 30.3 Å². The highest BCUT2D eigenvalue weighted by atomic mass is 19.4. The van der Waals surface area contributed by atoms with E-state index in [2.05, 4.69) is 5.32 Å². The van der Waals surface area contributed by atoms with Crippen molar-refractivity contribution in [1.82, 2.24) is 10.6 Å². The number of nitrogens with one attached hydrogen (secondary N) is 2. The summed E-state index contributed by atoms with van der Waals surface area (Å²) >= 11 is 0. The second-order valence-corrected chi connectivity index (χ2v) is 3.91. The van der Waals surface area contributed by atoms with E-state index in [-0.39, 0.29) is 0 Å². The molecular weight excluding hydrogens is 277 g/mol. The second kappa shape index (κ2) is 6.90. The summed E-state index contributed by atoms with van der Waals surface area (Å²) < 4.78 is 35.9. The van der Waals surface area contributed by atoms with E-state index in [0.717, 1.165) is 0 Å². The summed E-state index contributed by atoms with van der Waals surface area (Å²) in [7, 11) is 0. The third kappa shape index (κ3) is 5.27. The molecule has 8 heteroatoms. The van der Waals surface area contributed by atoms with Crippen LogP contribution >= 0.6 is 0 Å². The van der Waals surface area contributed by atoms with Gasteiger partial charge in [0.05, 0.1) is 13.1 Å². The Kier molecular flexibility index (Phi) is 5.51. The lowest BCUT2D eigenvalue weighted by Crippen LogP contribution is -2.44. The van der Waals surface area contributed by atoms with E-state index in [0.29, 0.717) is 5.56 Å². The zero-order chi connectivity index (χ0) is 15.2. The first-order valence-electron chi connectivity index (χ1n) is 5.65. The minimum atomic E-state index is -4.79. The third-order valence-electron chi connectivity index (χ3n) is 2.32. The van der Waals surface area contributed by atoms with Gasteiger partial charge in [0.25, 0.3) is 5.91 Å². The van der Waals surface area contributed by atoms with Gasteiger partial charge in [-0.1, -0.05) is 18.2 Å². The van der Waals surface area contributed by atoms with Crippen LogP contribution in [0.3, 0.4) is 0 Å². The summed E-state index contributed by atoms with van der Waals surface area (Å²) in [6.45, 7) is -1.43. The van der Waals surface area contributed by atoms with Crippen LogP contribution in [0.1, 0.15) is 10.4 Å². The Morgan fingerprint density at radius 2 is 1.75 bits per heavy atom. The van der Waals surface area contributed by atoms with E-state index >= 15 is 0 Å². The molecule has 0 fully saturated rings. The molecule has 1 aromatic rings. The average Bonchev–Trinajstić information content (AvgIpc) is 2.41. The fraction of sp³-hybridized carbons (Fsp3) is 0.333. The van der Waals surface area contributed by atoms with Crippen molar-refractivity contribution in [1.29, 1.82) is 0 Å². The van der Waals surface area contributed by atoms with Crippen molar-refractivity contribution < 1.29 is 27.9 Å². The van der Waals surface area contributed by atoms with Gasteiger partial charge in [0, 0.05) is 5.56 Å². The number of hydrogen-bond acceptors (Lipinski definition) is 3. The molecule has 1 atom stereocenters. The van der Waals surface area contributed by atoms with Crippen LogP contribution in [-0.4, -0.2) is 42.3 Å². The van der Waals surface area contributed by atoms with Crippen molar-refractivity contribution >= 4 is 11.8 Å². The lowest BCUT2D eigenvalue weighted by molar-refractivity contribution is -0.201. The van der Waals surface area contributed by atoms with Crippen LogP contribution in [0, 0.1) is 0 Å². The van der Waals surface area contributed by atoms with Gasteiger partial charge in [-0.3, -0.25) is 9.59 Å². The summed E-state index contributed by atoms with van der Waals surface area (Å²) in [4.78, 5) is 22.7. The maximum atomic E-state index is 12.0. The second-order valence-electron chi connectivity index (χ2n) is 3.91. The number of aliphatic hydroxyl groups is 1. The highest BCUT2D eigenvalue weighted by Gasteiger charge is 2.38. The Bertz CT molecular complexity index is 463. The molecule has 0 aliphatic heterocycles. The van der Waals surface area contributed by atoms with E-state index in [1.165, 1.54) is 12.1 Å². The van der Waals surface area contributed by atoms with Gasteiger partial charge in [-0.15, -0.1) is 0 Å². The largest absolute Gasteiger partial charge is 0.416 e. The van der Waals surface area contributed by atoms with E-state index in [1.807, 2.05) is 5.32 Å². The van der Waals surface area contributed by atoms with Gasteiger partial charge in [-0.2, -0.15) is 13.2 Å². The first-order valence-corrected chi connectivity index (χ1v) is 5.65. The topological polar surface area (TPSA) is 78.4 Å². The summed E-state index contributed by atoms with van der Waals surface area (Å²) in [5.74, 6) is -1.34. The summed E-state index contributed by atoms with van der Waals surface area (Å²) in [5.41, 5.74) is 0.329. The fourth-order valence-corrected chi connectivity index (χ4v) is 1.24. The van der Waals surface area contributed by atoms with Crippen molar-refractivity contribution in [3.8, 4) is 0 Å². The Morgan fingerprint density at radius 3 is 2.30 bits per heavy atom. The van der Waals surface area contributed by atoms with E-state index < -0.39 is 37.2 Å². The monoisotopic (exact) mass is 290 g/mol. The molecule has 1 unspecified atom stereocenters. The maximum absolute atomic E-state index is 12.0. The number of aliphatic hydroxyl groups excluding tert-OH is 1. The molecule has 0 heterocycles.